The lowest BCUT2D eigenvalue weighted by Gasteiger charge is -2.48. The first-order valence-electron chi connectivity index (χ1n) is 8.39. The molecule has 1 aromatic carbocycles. The first kappa shape index (κ1) is 16.4. The highest BCUT2D eigenvalue weighted by Crippen LogP contribution is 2.50. The van der Waals surface area contributed by atoms with Gasteiger partial charge in [-0.25, -0.2) is 0 Å². The smallest absolute Gasteiger partial charge is 0.203 e. The molecule has 3 atom stereocenters. The van der Waals surface area contributed by atoms with Gasteiger partial charge in [0.1, 0.15) is 0 Å². The summed E-state index contributed by atoms with van der Waals surface area (Å²) >= 11 is 0. The molecule has 0 amide bonds. The number of nitrogens with one attached hydrogen (secondary N) is 1. The molecule has 0 radical (unpaired) electrons. The van der Waals surface area contributed by atoms with E-state index in [1.807, 2.05) is 12.1 Å². The van der Waals surface area contributed by atoms with Gasteiger partial charge in [0.15, 0.2) is 11.5 Å². The Morgan fingerprint density at radius 3 is 2.52 bits per heavy atom. The molecule has 2 N–H and O–H groups in total. The number of rotatable bonds is 4. The van der Waals surface area contributed by atoms with E-state index in [0.717, 1.165) is 37.8 Å². The van der Waals surface area contributed by atoms with E-state index in [1.54, 1.807) is 21.3 Å². The van der Waals surface area contributed by atoms with Crippen LogP contribution in [0.2, 0.25) is 0 Å². The molecule has 0 spiro atoms. The molecule has 128 valence electrons. The SMILES string of the molecule is COc1ccc([C@@H]2NCC[C@@]3(O)CCCC[C@@H]23)c(OC)c1OC. The van der Waals surface area contributed by atoms with Crippen molar-refractivity contribution in [3.63, 3.8) is 0 Å². The van der Waals surface area contributed by atoms with Gasteiger partial charge in [0.25, 0.3) is 0 Å². The topological polar surface area (TPSA) is 60.0 Å². The second-order valence-electron chi connectivity index (χ2n) is 6.56. The van der Waals surface area contributed by atoms with Crippen LogP contribution >= 0.6 is 0 Å². The number of piperidine rings is 1. The average Bonchev–Trinajstić information content (AvgIpc) is 2.59. The Morgan fingerprint density at radius 2 is 1.83 bits per heavy atom. The molecule has 5 nitrogen and oxygen atoms in total. The van der Waals surface area contributed by atoms with Crippen LogP contribution in [0.15, 0.2) is 12.1 Å². The Balaban J connectivity index is 2.03. The van der Waals surface area contributed by atoms with Crippen molar-refractivity contribution in [1.82, 2.24) is 5.32 Å². The molecule has 1 heterocycles. The zero-order valence-electron chi connectivity index (χ0n) is 14.2. The summed E-state index contributed by atoms with van der Waals surface area (Å²) < 4.78 is 16.5. The van der Waals surface area contributed by atoms with E-state index in [9.17, 15) is 5.11 Å². The van der Waals surface area contributed by atoms with E-state index in [-0.39, 0.29) is 12.0 Å². The van der Waals surface area contributed by atoms with Crippen molar-refractivity contribution in [2.45, 2.75) is 43.7 Å². The van der Waals surface area contributed by atoms with Crippen molar-refractivity contribution >= 4 is 0 Å². The predicted molar refractivity (Wildman–Crippen MR) is 88.4 cm³/mol. The van der Waals surface area contributed by atoms with Crippen molar-refractivity contribution in [2.24, 2.45) is 5.92 Å². The van der Waals surface area contributed by atoms with Crippen LogP contribution in [0.4, 0.5) is 0 Å². The van der Waals surface area contributed by atoms with Crippen LogP contribution in [0.3, 0.4) is 0 Å². The molecule has 1 aliphatic carbocycles. The molecule has 3 rings (SSSR count). The molecular weight excluding hydrogens is 294 g/mol. The van der Waals surface area contributed by atoms with Crippen molar-refractivity contribution in [3.05, 3.63) is 17.7 Å². The number of benzene rings is 1. The fourth-order valence-electron chi connectivity index (χ4n) is 4.32. The molecule has 1 saturated heterocycles. The van der Waals surface area contributed by atoms with E-state index in [0.29, 0.717) is 17.2 Å². The van der Waals surface area contributed by atoms with Crippen LogP contribution in [-0.2, 0) is 0 Å². The van der Waals surface area contributed by atoms with Crippen LogP contribution in [0.1, 0.15) is 43.7 Å². The van der Waals surface area contributed by atoms with Gasteiger partial charge in [0, 0.05) is 17.5 Å². The largest absolute Gasteiger partial charge is 0.493 e. The molecule has 1 saturated carbocycles. The third kappa shape index (κ3) is 2.76. The van der Waals surface area contributed by atoms with E-state index in [2.05, 4.69) is 5.32 Å². The van der Waals surface area contributed by atoms with Crippen LogP contribution in [0, 0.1) is 5.92 Å². The van der Waals surface area contributed by atoms with E-state index >= 15 is 0 Å². The molecule has 0 unspecified atom stereocenters. The van der Waals surface area contributed by atoms with Gasteiger partial charge in [0.2, 0.25) is 5.75 Å². The van der Waals surface area contributed by atoms with Crippen molar-refractivity contribution < 1.29 is 19.3 Å². The zero-order chi connectivity index (χ0) is 16.4. The summed E-state index contributed by atoms with van der Waals surface area (Å²) in [7, 11) is 4.89. The lowest BCUT2D eigenvalue weighted by Crippen LogP contribution is -2.53. The van der Waals surface area contributed by atoms with Gasteiger partial charge in [-0.15, -0.1) is 0 Å². The summed E-state index contributed by atoms with van der Waals surface area (Å²) in [5.74, 6) is 2.17. The standard InChI is InChI=1S/C18H27NO4/c1-21-14-8-7-12(16(22-2)17(14)23-3)15-13-6-4-5-9-18(13,20)10-11-19-15/h7-8,13,15,19-20H,4-6,9-11H2,1-3H3/t13-,15-,18-/m0/s1. The molecule has 2 fully saturated rings. The van der Waals surface area contributed by atoms with E-state index in [1.165, 1.54) is 6.42 Å². The minimum absolute atomic E-state index is 0.0730. The highest BCUT2D eigenvalue weighted by Gasteiger charge is 2.46. The maximum absolute atomic E-state index is 11.1. The molecule has 2 aliphatic rings. The maximum atomic E-state index is 11.1. The lowest BCUT2D eigenvalue weighted by molar-refractivity contribution is -0.0863. The third-order valence-corrected chi connectivity index (χ3v) is 5.46. The monoisotopic (exact) mass is 321 g/mol. The summed E-state index contributed by atoms with van der Waals surface area (Å²) in [6.45, 7) is 0.815. The number of hydrogen-bond acceptors (Lipinski definition) is 5. The van der Waals surface area contributed by atoms with Gasteiger partial charge < -0.3 is 24.6 Å². The van der Waals surface area contributed by atoms with Crippen LogP contribution in [0.5, 0.6) is 17.2 Å². The van der Waals surface area contributed by atoms with Crippen LogP contribution in [-0.4, -0.2) is 38.6 Å². The van der Waals surface area contributed by atoms with Crippen LogP contribution < -0.4 is 19.5 Å². The Labute approximate surface area is 137 Å². The Morgan fingerprint density at radius 1 is 1.04 bits per heavy atom. The van der Waals surface area contributed by atoms with E-state index < -0.39 is 5.60 Å². The minimum atomic E-state index is -0.563. The van der Waals surface area contributed by atoms with Gasteiger partial charge in [-0.05, 0) is 37.9 Å². The van der Waals surface area contributed by atoms with Crippen LogP contribution in [0.25, 0.3) is 0 Å². The predicted octanol–water partition coefficient (Wildman–Crippen LogP) is 2.67. The summed E-state index contributed by atoms with van der Waals surface area (Å²) in [5, 5.41) is 14.7. The molecular formula is C18H27NO4. The van der Waals surface area contributed by atoms with Gasteiger partial charge >= 0.3 is 0 Å². The van der Waals surface area contributed by atoms with Gasteiger partial charge in [0.05, 0.1) is 26.9 Å². The Hall–Kier alpha value is -1.46. The summed E-state index contributed by atoms with van der Waals surface area (Å²) in [6, 6.07) is 4.01. The summed E-state index contributed by atoms with van der Waals surface area (Å²) in [6.07, 6.45) is 5.03. The number of ether oxygens (including phenoxy) is 3. The molecule has 23 heavy (non-hydrogen) atoms. The summed E-state index contributed by atoms with van der Waals surface area (Å²) in [5.41, 5.74) is 0.474. The molecule has 1 aliphatic heterocycles. The summed E-state index contributed by atoms with van der Waals surface area (Å²) in [4.78, 5) is 0. The number of hydrogen-bond donors (Lipinski definition) is 2. The highest BCUT2D eigenvalue weighted by molar-refractivity contribution is 5.57. The first-order chi connectivity index (χ1) is 11.1. The average molecular weight is 321 g/mol. The Bertz CT molecular complexity index is 558. The quantitative estimate of drug-likeness (QED) is 0.893. The zero-order valence-corrected chi connectivity index (χ0v) is 14.2. The fourth-order valence-corrected chi connectivity index (χ4v) is 4.32. The minimum Gasteiger partial charge on any atom is -0.493 e. The second kappa shape index (κ2) is 6.57. The normalized spacial score (nSPS) is 30.4. The lowest BCUT2D eigenvalue weighted by atomic mass is 9.66. The van der Waals surface area contributed by atoms with Crippen molar-refractivity contribution in [1.29, 1.82) is 0 Å². The van der Waals surface area contributed by atoms with Gasteiger partial charge in [-0.1, -0.05) is 12.8 Å². The van der Waals surface area contributed by atoms with Gasteiger partial charge in [-0.2, -0.15) is 0 Å². The molecule has 1 aromatic rings. The number of fused-ring (bicyclic) bond motifs is 1. The first-order valence-corrected chi connectivity index (χ1v) is 8.39. The van der Waals surface area contributed by atoms with Gasteiger partial charge in [-0.3, -0.25) is 0 Å². The number of methoxy groups -OCH3 is 3. The number of aliphatic hydroxyl groups is 1. The Kier molecular flexibility index (Phi) is 4.69. The highest BCUT2D eigenvalue weighted by atomic mass is 16.5. The van der Waals surface area contributed by atoms with E-state index in [4.69, 9.17) is 14.2 Å². The maximum Gasteiger partial charge on any atom is 0.203 e. The molecule has 0 bridgehead atoms. The molecule has 5 heteroatoms. The van der Waals surface area contributed by atoms with Crippen molar-refractivity contribution in [3.8, 4) is 17.2 Å². The second-order valence-corrected chi connectivity index (χ2v) is 6.56. The third-order valence-electron chi connectivity index (χ3n) is 5.46. The molecule has 0 aromatic heterocycles. The fraction of sp³-hybridized carbons (Fsp3) is 0.667. The van der Waals surface area contributed by atoms with Crippen molar-refractivity contribution in [2.75, 3.05) is 27.9 Å².